The third-order valence-electron chi connectivity index (χ3n) is 5.18. The fourth-order valence-electron chi connectivity index (χ4n) is 3.60. The van der Waals surface area contributed by atoms with Gasteiger partial charge in [0, 0.05) is 12.6 Å². The molecule has 3 rings (SSSR count). The Labute approximate surface area is 162 Å². The number of likely N-dealkylation sites (tertiary alicyclic amines) is 1. The molecule has 27 heavy (non-hydrogen) atoms. The maximum Gasteiger partial charge on any atom is 0.240 e. The molecule has 1 N–H and O–H groups in total. The molecular formula is C21H28N2O3S. The van der Waals surface area contributed by atoms with Crippen molar-refractivity contribution in [3.63, 3.8) is 0 Å². The van der Waals surface area contributed by atoms with Crippen molar-refractivity contribution < 1.29 is 13.2 Å². The molecule has 2 aromatic carbocycles. The van der Waals surface area contributed by atoms with Crippen LogP contribution in [0.15, 0.2) is 47.4 Å². The first-order chi connectivity index (χ1) is 12.9. The summed E-state index contributed by atoms with van der Waals surface area (Å²) in [6.07, 6.45) is 2.30. The van der Waals surface area contributed by atoms with Crippen molar-refractivity contribution in [2.75, 3.05) is 26.7 Å². The Morgan fingerprint density at radius 2 is 1.74 bits per heavy atom. The summed E-state index contributed by atoms with van der Waals surface area (Å²) in [5.74, 6) is 0.801. The maximum atomic E-state index is 12.9. The van der Waals surface area contributed by atoms with Crippen LogP contribution in [-0.4, -0.2) is 40.1 Å². The number of hydrogen-bond acceptors (Lipinski definition) is 4. The minimum atomic E-state index is -3.56. The quantitative estimate of drug-likeness (QED) is 0.790. The van der Waals surface area contributed by atoms with Gasteiger partial charge in [-0.1, -0.05) is 24.3 Å². The van der Waals surface area contributed by atoms with Crippen LogP contribution in [0.2, 0.25) is 0 Å². The van der Waals surface area contributed by atoms with Gasteiger partial charge in [-0.3, -0.25) is 4.90 Å². The van der Waals surface area contributed by atoms with Crippen LogP contribution in [0, 0.1) is 13.8 Å². The Morgan fingerprint density at radius 3 is 2.37 bits per heavy atom. The number of rotatable bonds is 7. The second kappa shape index (κ2) is 8.42. The zero-order valence-electron chi connectivity index (χ0n) is 16.2. The number of benzene rings is 2. The third-order valence-corrected chi connectivity index (χ3v) is 6.75. The van der Waals surface area contributed by atoms with Gasteiger partial charge in [0.1, 0.15) is 5.75 Å². The zero-order chi connectivity index (χ0) is 19.4. The molecule has 0 spiro atoms. The van der Waals surface area contributed by atoms with Gasteiger partial charge in [-0.25, -0.2) is 13.1 Å². The van der Waals surface area contributed by atoms with Gasteiger partial charge in [0.15, 0.2) is 0 Å². The highest BCUT2D eigenvalue weighted by molar-refractivity contribution is 7.89. The number of ether oxygens (including phenoxy) is 1. The molecule has 0 saturated carbocycles. The van der Waals surface area contributed by atoms with Gasteiger partial charge in [0.25, 0.3) is 0 Å². The largest absolute Gasteiger partial charge is 0.497 e. The topological polar surface area (TPSA) is 58.6 Å². The molecule has 0 radical (unpaired) electrons. The van der Waals surface area contributed by atoms with Gasteiger partial charge in [-0.2, -0.15) is 0 Å². The van der Waals surface area contributed by atoms with E-state index in [0.29, 0.717) is 11.4 Å². The summed E-state index contributed by atoms with van der Waals surface area (Å²) in [7, 11) is -1.92. The average molecular weight is 389 g/mol. The fraction of sp³-hybridized carbons (Fsp3) is 0.429. The lowest BCUT2D eigenvalue weighted by atomic mass is 10.1. The standard InChI is InChI=1S/C21H28N2O3S/c1-16-6-7-17(2)21(14-16)27(24,25)22-15-20(23-12-4-5-13-23)18-8-10-19(26-3)11-9-18/h6-11,14,20,22H,4-5,12-13,15H2,1-3H3/t20-/m0/s1. The van der Waals surface area contributed by atoms with E-state index in [2.05, 4.69) is 9.62 Å². The molecule has 5 nitrogen and oxygen atoms in total. The molecule has 0 unspecified atom stereocenters. The molecule has 0 aliphatic carbocycles. The van der Waals surface area contributed by atoms with E-state index in [1.807, 2.05) is 50.2 Å². The number of nitrogens with one attached hydrogen (secondary N) is 1. The third kappa shape index (κ3) is 4.69. The van der Waals surface area contributed by atoms with E-state index in [-0.39, 0.29) is 6.04 Å². The Balaban J connectivity index is 1.82. The van der Waals surface area contributed by atoms with Crippen molar-refractivity contribution in [3.8, 4) is 5.75 Å². The van der Waals surface area contributed by atoms with Gasteiger partial charge in [0.05, 0.1) is 12.0 Å². The molecule has 6 heteroatoms. The minimum absolute atomic E-state index is 0.0123. The molecule has 1 atom stereocenters. The highest BCUT2D eigenvalue weighted by Gasteiger charge is 2.26. The van der Waals surface area contributed by atoms with E-state index < -0.39 is 10.0 Å². The predicted octanol–water partition coefficient (Wildman–Crippen LogP) is 3.43. The molecule has 1 saturated heterocycles. The molecule has 146 valence electrons. The zero-order valence-corrected chi connectivity index (χ0v) is 17.1. The van der Waals surface area contributed by atoms with Crippen LogP contribution in [-0.2, 0) is 10.0 Å². The summed E-state index contributed by atoms with van der Waals surface area (Å²) >= 11 is 0. The van der Waals surface area contributed by atoms with E-state index in [1.165, 1.54) is 0 Å². The van der Waals surface area contributed by atoms with E-state index in [0.717, 1.165) is 48.4 Å². The monoisotopic (exact) mass is 388 g/mol. The van der Waals surface area contributed by atoms with Gasteiger partial charge >= 0.3 is 0 Å². The Kier molecular flexibility index (Phi) is 6.19. The Hall–Kier alpha value is -1.89. The molecule has 1 fully saturated rings. The van der Waals surface area contributed by atoms with Crippen LogP contribution in [0.3, 0.4) is 0 Å². The molecule has 1 aliphatic rings. The molecular weight excluding hydrogens is 360 g/mol. The highest BCUT2D eigenvalue weighted by Crippen LogP contribution is 2.27. The summed E-state index contributed by atoms with van der Waals surface area (Å²) in [5, 5.41) is 0. The Morgan fingerprint density at radius 1 is 1.07 bits per heavy atom. The molecule has 2 aromatic rings. The predicted molar refractivity (Wildman–Crippen MR) is 108 cm³/mol. The lowest BCUT2D eigenvalue weighted by Gasteiger charge is -2.28. The van der Waals surface area contributed by atoms with E-state index in [1.54, 1.807) is 13.2 Å². The van der Waals surface area contributed by atoms with E-state index in [4.69, 9.17) is 4.74 Å². The fourth-order valence-corrected chi connectivity index (χ4v) is 4.97. The number of aryl methyl sites for hydroxylation is 2. The van der Waals surface area contributed by atoms with Crippen LogP contribution in [0.4, 0.5) is 0 Å². The van der Waals surface area contributed by atoms with Crippen molar-refractivity contribution in [3.05, 3.63) is 59.2 Å². The number of sulfonamides is 1. The van der Waals surface area contributed by atoms with Gasteiger partial charge in [0.2, 0.25) is 10.0 Å². The van der Waals surface area contributed by atoms with Crippen molar-refractivity contribution in [1.82, 2.24) is 9.62 Å². The van der Waals surface area contributed by atoms with Crippen molar-refractivity contribution in [2.24, 2.45) is 0 Å². The molecule has 1 aliphatic heterocycles. The lowest BCUT2D eigenvalue weighted by molar-refractivity contribution is 0.246. The first kappa shape index (κ1) is 19.9. The first-order valence-electron chi connectivity index (χ1n) is 9.35. The van der Waals surface area contributed by atoms with Crippen LogP contribution in [0.5, 0.6) is 5.75 Å². The number of nitrogens with zero attached hydrogens (tertiary/aromatic N) is 1. The first-order valence-corrected chi connectivity index (χ1v) is 10.8. The smallest absolute Gasteiger partial charge is 0.240 e. The minimum Gasteiger partial charge on any atom is -0.497 e. The van der Waals surface area contributed by atoms with Crippen LogP contribution >= 0.6 is 0 Å². The second-order valence-electron chi connectivity index (χ2n) is 7.15. The van der Waals surface area contributed by atoms with Crippen LogP contribution in [0.25, 0.3) is 0 Å². The molecule has 1 heterocycles. The summed E-state index contributed by atoms with van der Waals surface area (Å²) in [6.45, 7) is 6.06. The SMILES string of the molecule is COc1ccc([C@H](CNS(=O)(=O)c2cc(C)ccc2C)N2CCCC2)cc1. The van der Waals surface area contributed by atoms with Crippen LogP contribution < -0.4 is 9.46 Å². The summed E-state index contributed by atoms with van der Waals surface area (Å²) in [4.78, 5) is 2.71. The second-order valence-corrected chi connectivity index (χ2v) is 8.89. The summed E-state index contributed by atoms with van der Waals surface area (Å²) < 4.78 is 33.9. The molecule has 0 bridgehead atoms. The molecule has 0 amide bonds. The maximum absolute atomic E-state index is 12.9. The van der Waals surface area contributed by atoms with E-state index >= 15 is 0 Å². The van der Waals surface area contributed by atoms with Crippen LogP contribution in [0.1, 0.15) is 35.6 Å². The van der Waals surface area contributed by atoms with Gasteiger partial charge in [-0.05, 0) is 74.7 Å². The van der Waals surface area contributed by atoms with Crippen molar-refractivity contribution in [2.45, 2.75) is 37.6 Å². The van der Waals surface area contributed by atoms with Gasteiger partial charge in [-0.15, -0.1) is 0 Å². The van der Waals surface area contributed by atoms with Crippen molar-refractivity contribution in [1.29, 1.82) is 0 Å². The summed E-state index contributed by atoms with van der Waals surface area (Å²) in [5.41, 5.74) is 2.80. The molecule has 0 aromatic heterocycles. The summed E-state index contributed by atoms with van der Waals surface area (Å²) in [6, 6.07) is 13.4. The van der Waals surface area contributed by atoms with Crippen molar-refractivity contribution >= 4 is 10.0 Å². The van der Waals surface area contributed by atoms with Gasteiger partial charge < -0.3 is 4.74 Å². The lowest BCUT2D eigenvalue weighted by Crippen LogP contribution is -2.37. The number of methoxy groups -OCH3 is 1. The number of hydrogen-bond donors (Lipinski definition) is 1. The Bertz CT molecular complexity index is 873. The average Bonchev–Trinajstić information content (AvgIpc) is 3.18. The highest BCUT2D eigenvalue weighted by atomic mass is 32.2. The van der Waals surface area contributed by atoms with E-state index in [9.17, 15) is 8.42 Å². The normalized spacial score (nSPS) is 16.4.